The van der Waals surface area contributed by atoms with E-state index >= 15 is 0 Å². The normalized spacial score (nSPS) is 11.4. The van der Waals surface area contributed by atoms with Crippen molar-refractivity contribution in [1.82, 2.24) is 5.32 Å². The zero-order valence-electron chi connectivity index (χ0n) is 9.57. The third-order valence-corrected chi connectivity index (χ3v) is 2.49. The molecule has 0 heterocycles. The molecule has 0 aliphatic rings. The van der Waals surface area contributed by atoms with Gasteiger partial charge in [0.25, 0.3) is 0 Å². The Kier molecular flexibility index (Phi) is 4.98. The number of carbonyl (C=O) groups is 1. The zero-order chi connectivity index (χ0) is 13.8. The molecule has 3 nitrogen and oxygen atoms in total. The lowest BCUT2D eigenvalue weighted by Crippen LogP contribution is -2.19. The summed E-state index contributed by atoms with van der Waals surface area (Å²) in [6, 6.07) is 3.26. The third-order valence-electron chi connectivity index (χ3n) is 2.16. The van der Waals surface area contributed by atoms with Crippen molar-refractivity contribution in [1.29, 1.82) is 0 Å². The minimum Gasteiger partial charge on any atom is -0.326 e. The molecule has 0 atom stereocenters. The Hall–Kier alpha value is -1.27. The molecule has 18 heavy (non-hydrogen) atoms. The SMILES string of the molecule is CNCCC(=O)Nc1ccc(Cl)c(C(F)(F)F)c1. The van der Waals surface area contributed by atoms with Gasteiger partial charge in [-0.15, -0.1) is 0 Å². The van der Waals surface area contributed by atoms with Crippen molar-refractivity contribution in [3.63, 3.8) is 0 Å². The molecule has 0 bridgehead atoms. The topological polar surface area (TPSA) is 41.1 Å². The van der Waals surface area contributed by atoms with Crippen molar-refractivity contribution in [2.24, 2.45) is 0 Å². The summed E-state index contributed by atoms with van der Waals surface area (Å²) >= 11 is 5.46. The quantitative estimate of drug-likeness (QED) is 0.890. The Balaban J connectivity index is 2.83. The second-order valence-electron chi connectivity index (χ2n) is 3.59. The van der Waals surface area contributed by atoms with Gasteiger partial charge in [-0.25, -0.2) is 0 Å². The zero-order valence-corrected chi connectivity index (χ0v) is 10.3. The molecule has 1 amide bonds. The predicted molar refractivity (Wildman–Crippen MR) is 63.6 cm³/mol. The molecule has 0 aliphatic carbocycles. The summed E-state index contributed by atoms with van der Waals surface area (Å²) in [5.74, 6) is -0.361. The van der Waals surface area contributed by atoms with Gasteiger partial charge in [0.2, 0.25) is 5.91 Å². The average Bonchev–Trinajstić information content (AvgIpc) is 2.27. The van der Waals surface area contributed by atoms with E-state index in [1.807, 2.05) is 0 Å². The summed E-state index contributed by atoms with van der Waals surface area (Å²) < 4.78 is 37.7. The van der Waals surface area contributed by atoms with E-state index in [-0.39, 0.29) is 18.0 Å². The van der Waals surface area contributed by atoms with Gasteiger partial charge in [-0.05, 0) is 25.2 Å². The molecule has 1 aromatic rings. The fourth-order valence-corrected chi connectivity index (χ4v) is 1.51. The minimum atomic E-state index is -4.54. The van der Waals surface area contributed by atoms with E-state index in [4.69, 9.17) is 11.6 Å². The molecule has 0 spiro atoms. The van der Waals surface area contributed by atoms with E-state index in [9.17, 15) is 18.0 Å². The number of hydrogen-bond donors (Lipinski definition) is 2. The van der Waals surface area contributed by atoms with Crippen LogP contribution in [0.2, 0.25) is 5.02 Å². The summed E-state index contributed by atoms with van der Waals surface area (Å²) in [6.07, 6.45) is -4.36. The van der Waals surface area contributed by atoms with Crippen LogP contribution < -0.4 is 10.6 Å². The van der Waals surface area contributed by atoms with E-state index in [0.717, 1.165) is 12.1 Å². The molecule has 1 aromatic carbocycles. The van der Waals surface area contributed by atoms with Crippen molar-refractivity contribution in [2.75, 3.05) is 18.9 Å². The molecule has 0 saturated carbocycles. The fourth-order valence-electron chi connectivity index (χ4n) is 1.28. The average molecular weight is 281 g/mol. The number of alkyl halides is 3. The smallest absolute Gasteiger partial charge is 0.326 e. The Morgan fingerprint density at radius 2 is 2.06 bits per heavy atom. The molecule has 1 rings (SSSR count). The number of hydrogen-bond acceptors (Lipinski definition) is 2. The van der Waals surface area contributed by atoms with Gasteiger partial charge < -0.3 is 10.6 Å². The lowest BCUT2D eigenvalue weighted by molar-refractivity contribution is -0.137. The molecule has 2 N–H and O–H groups in total. The number of nitrogens with one attached hydrogen (secondary N) is 2. The summed E-state index contributed by atoms with van der Waals surface area (Å²) in [7, 11) is 1.68. The van der Waals surface area contributed by atoms with Crippen LogP contribution in [0, 0.1) is 0 Å². The molecule has 0 aliphatic heterocycles. The highest BCUT2D eigenvalue weighted by Gasteiger charge is 2.33. The monoisotopic (exact) mass is 280 g/mol. The van der Waals surface area contributed by atoms with Gasteiger partial charge in [0, 0.05) is 18.7 Å². The third kappa shape index (κ3) is 4.19. The number of anilines is 1. The van der Waals surface area contributed by atoms with Crippen molar-refractivity contribution < 1.29 is 18.0 Å². The van der Waals surface area contributed by atoms with Gasteiger partial charge in [-0.2, -0.15) is 13.2 Å². The number of amides is 1. The predicted octanol–water partition coefficient (Wildman–Crippen LogP) is 2.91. The second-order valence-corrected chi connectivity index (χ2v) is 4.00. The fraction of sp³-hybridized carbons (Fsp3) is 0.364. The van der Waals surface area contributed by atoms with Gasteiger partial charge in [-0.1, -0.05) is 11.6 Å². The van der Waals surface area contributed by atoms with Crippen LogP contribution >= 0.6 is 11.6 Å². The molecule has 100 valence electrons. The summed E-state index contributed by atoms with van der Waals surface area (Å²) in [6.45, 7) is 0.450. The second kappa shape index (κ2) is 6.06. The molecule has 7 heteroatoms. The highest BCUT2D eigenvalue weighted by molar-refractivity contribution is 6.31. The standard InChI is InChI=1S/C11H12ClF3N2O/c1-16-5-4-10(18)17-7-2-3-9(12)8(6-7)11(13,14)15/h2-3,6,16H,4-5H2,1H3,(H,17,18). The maximum Gasteiger partial charge on any atom is 0.417 e. The van der Waals surface area contributed by atoms with Gasteiger partial charge >= 0.3 is 6.18 Å². The van der Waals surface area contributed by atoms with E-state index in [0.29, 0.717) is 6.54 Å². The number of halogens is 4. The van der Waals surface area contributed by atoms with Crippen LogP contribution in [0.25, 0.3) is 0 Å². The minimum absolute atomic E-state index is 0.0767. The van der Waals surface area contributed by atoms with E-state index in [1.54, 1.807) is 7.05 Å². The summed E-state index contributed by atoms with van der Waals surface area (Å²) in [4.78, 5) is 11.4. The van der Waals surface area contributed by atoms with Crippen LogP contribution in [0.3, 0.4) is 0 Å². The highest BCUT2D eigenvalue weighted by atomic mass is 35.5. The molecule has 0 radical (unpaired) electrons. The maximum atomic E-state index is 12.6. The van der Waals surface area contributed by atoms with Gasteiger partial charge in [0.15, 0.2) is 0 Å². The molecule has 0 fully saturated rings. The lowest BCUT2D eigenvalue weighted by atomic mass is 10.2. The number of benzene rings is 1. The van der Waals surface area contributed by atoms with E-state index < -0.39 is 16.8 Å². The van der Waals surface area contributed by atoms with E-state index in [1.165, 1.54) is 6.07 Å². The van der Waals surface area contributed by atoms with Crippen LogP contribution in [0.4, 0.5) is 18.9 Å². The van der Waals surface area contributed by atoms with Crippen LogP contribution in [0.5, 0.6) is 0 Å². The Morgan fingerprint density at radius 3 is 2.61 bits per heavy atom. The molecule has 0 aromatic heterocycles. The highest BCUT2D eigenvalue weighted by Crippen LogP contribution is 2.36. The molecule has 0 unspecified atom stereocenters. The lowest BCUT2D eigenvalue weighted by Gasteiger charge is -2.11. The van der Waals surface area contributed by atoms with Crippen LogP contribution in [0.1, 0.15) is 12.0 Å². The van der Waals surface area contributed by atoms with Crippen LogP contribution in [-0.4, -0.2) is 19.5 Å². The molecular weight excluding hydrogens is 269 g/mol. The summed E-state index contributed by atoms with van der Waals surface area (Å²) in [5.41, 5.74) is -0.886. The Morgan fingerprint density at radius 1 is 1.39 bits per heavy atom. The number of rotatable bonds is 4. The first-order valence-corrected chi connectivity index (χ1v) is 5.53. The van der Waals surface area contributed by atoms with Gasteiger partial charge in [0.05, 0.1) is 10.6 Å². The maximum absolute atomic E-state index is 12.6. The van der Waals surface area contributed by atoms with Gasteiger partial charge in [0.1, 0.15) is 0 Å². The Bertz CT molecular complexity index is 435. The number of carbonyl (C=O) groups excluding carboxylic acids is 1. The molecule has 0 saturated heterocycles. The van der Waals surface area contributed by atoms with Crippen molar-refractivity contribution in [3.8, 4) is 0 Å². The van der Waals surface area contributed by atoms with Crippen LogP contribution in [0.15, 0.2) is 18.2 Å². The van der Waals surface area contributed by atoms with Crippen LogP contribution in [-0.2, 0) is 11.0 Å². The largest absolute Gasteiger partial charge is 0.417 e. The Labute approximate surface area is 107 Å². The van der Waals surface area contributed by atoms with Gasteiger partial charge in [-0.3, -0.25) is 4.79 Å². The summed E-state index contributed by atoms with van der Waals surface area (Å²) in [5, 5.41) is 4.75. The first kappa shape index (κ1) is 14.8. The van der Waals surface area contributed by atoms with E-state index in [2.05, 4.69) is 10.6 Å². The van der Waals surface area contributed by atoms with Crippen molar-refractivity contribution in [3.05, 3.63) is 28.8 Å². The van der Waals surface area contributed by atoms with Crippen molar-refractivity contribution >= 4 is 23.2 Å². The van der Waals surface area contributed by atoms with Crippen molar-refractivity contribution in [2.45, 2.75) is 12.6 Å². The first-order chi connectivity index (χ1) is 8.34. The first-order valence-electron chi connectivity index (χ1n) is 5.16. The molecular formula is C11H12ClF3N2O.